The van der Waals surface area contributed by atoms with Gasteiger partial charge in [-0.2, -0.15) is 4.80 Å². The molecule has 2 aromatic rings. The van der Waals surface area contributed by atoms with E-state index in [1.54, 1.807) is 19.2 Å². The Morgan fingerprint density at radius 2 is 2.07 bits per heavy atom. The predicted molar refractivity (Wildman–Crippen MR) is 105 cm³/mol. The van der Waals surface area contributed by atoms with Gasteiger partial charge in [-0.25, -0.2) is 4.39 Å². The lowest BCUT2D eigenvalue weighted by Crippen LogP contribution is -2.49. The van der Waals surface area contributed by atoms with E-state index in [0.717, 1.165) is 44.3 Å². The molecule has 2 heterocycles. The van der Waals surface area contributed by atoms with Crippen LogP contribution in [0, 0.1) is 11.2 Å². The van der Waals surface area contributed by atoms with E-state index in [4.69, 9.17) is 4.74 Å². The Labute approximate surface area is 170 Å². The lowest BCUT2D eigenvalue weighted by Gasteiger charge is -2.43. The van der Waals surface area contributed by atoms with Gasteiger partial charge in [0.15, 0.2) is 0 Å². The Bertz CT molecular complexity index is 840. The third-order valence-electron chi connectivity index (χ3n) is 6.37. The molecule has 0 radical (unpaired) electrons. The number of hydrogen-bond donors (Lipinski definition) is 0. The molecule has 0 bridgehead atoms. The van der Waals surface area contributed by atoms with Crippen LogP contribution in [-0.4, -0.2) is 57.3 Å². The number of piperidine rings is 1. The highest BCUT2D eigenvalue weighted by molar-refractivity contribution is 5.76. The fourth-order valence-corrected chi connectivity index (χ4v) is 4.90. The molecule has 29 heavy (non-hydrogen) atoms. The highest BCUT2D eigenvalue weighted by Crippen LogP contribution is 2.46. The van der Waals surface area contributed by atoms with Gasteiger partial charge < -0.3 is 9.64 Å². The van der Waals surface area contributed by atoms with E-state index >= 15 is 0 Å². The van der Waals surface area contributed by atoms with Crippen molar-refractivity contribution >= 4 is 5.91 Å². The van der Waals surface area contributed by atoms with Gasteiger partial charge >= 0.3 is 0 Å². The third-order valence-corrected chi connectivity index (χ3v) is 6.37. The van der Waals surface area contributed by atoms with E-state index in [0.29, 0.717) is 25.2 Å². The van der Waals surface area contributed by atoms with Crippen molar-refractivity contribution in [2.24, 2.45) is 5.41 Å². The van der Waals surface area contributed by atoms with Crippen LogP contribution in [0.2, 0.25) is 0 Å². The number of aryl methyl sites for hydroxylation is 1. The molecule has 0 N–H and O–H groups in total. The van der Waals surface area contributed by atoms with E-state index in [1.165, 1.54) is 23.4 Å². The summed E-state index contributed by atoms with van der Waals surface area (Å²) >= 11 is 0. The Morgan fingerprint density at radius 3 is 2.86 bits per heavy atom. The maximum absolute atomic E-state index is 13.0. The van der Waals surface area contributed by atoms with Crippen molar-refractivity contribution in [1.29, 1.82) is 0 Å². The molecule has 4 rings (SSSR count). The van der Waals surface area contributed by atoms with Gasteiger partial charge in [0, 0.05) is 37.6 Å². The quantitative estimate of drug-likeness (QED) is 0.744. The molecule has 1 amide bonds. The van der Waals surface area contributed by atoms with E-state index in [-0.39, 0.29) is 23.2 Å². The monoisotopic (exact) mass is 401 g/mol. The van der Waals surface area contributed by atoms with E-state index in [9.17, 15) is 9.18 Å². The van der Waals surface area contributed by atoms with Gasteiger partial charge in [-0.15, -0.1) is 10.2 Å². The number of ether oxygens (including phenoxy) is 1. The zero-order valence-electron chi connectivity index (χ0n) is 16.9. The van der Waals surface area contributed by atoms with Crippen LogP contribution < -0.4 is 0 Å². The first-order valence-corrected chi connectivity index (χ1v) is 10.4. The number of carbonyl (C=O) groups excluding carboxylic acids is 1. The summed E-state index contributed by atoms with van der Waals surface area (Å²) in [6.07, 6.45) is 7.08. The number of tetrazole rings is 1. The second-order valence-corrected chi connectivity index (χ2v) is 8.22. The molecule has 1 aromatic heterocycles. The SMILES string of the molecule is CO[C@@H]1CCC[C@]12CCCN(C(=O)CCCn1nnc(-c3ccc(F)cc3)n1)C2. The van der Waals surface area contributed by atoms with Crippen LogP contribution in [0.25, 0.3) is 11.4 Å². The van der Waals surface area contributed by atoms with Gasteiger partial charge in [0.25, 0.3) is 0 Å². The van der Waals surface area contributed by atoms with Crippen LogP contribution in [0.3, 0.4) is 0 Å². The van der Waals surface area contributed by atoms with Crippen LogP contribution in [0.5, 0.6) is 0 Å². The molecule has 0 unspecified atom stereocenters. The van der Waals surface area contributed by atoms with Crippen LogP contribution >= 0.6 is 0 Å². The number of aromatic nitrogens is 4. The molecule has 1 saturated heterocycles. The standard InChI is InChI=1S/C21H28FN5O2/c1-29-18-5-2-11-21(18)12-4-13-26(15-21)19(28)6-3-14-27-24-20(23-25-27)16-7-9-17(22)10-8-16/h7-10,18H,2-6,11-15H2,1H3/t18-,21-/m1/s1. The topological polar surface area (TPSA) is 73.1 Å². The van der Waals surface area contributed by atoms with Crippen molar-refractivity contribution in [3.05, 3.63) is 30.1 Å². The molecule has 2 atom stereocenters. The number of hydrogen-bond acceptors (Lipinski definition) is 5. The van der Waals surface area contributed by atoms with Gasteiger partial charge in [0.2, 0.25) is 11.7 Å². The van der Waals surface area contributed by atoms with Gasteiger partial charge in [-0.05, 0) is 61.6 Å². The molecule has 2 aliphatic rings. The number of nitrogens with zero attached hydrogens (tertiary/aromatic N) is 5. The third kappa shape index (κ3) is 4.32. The van der Waals surface area contributed by atoms with Crippen molar-refractivity contribution in [3.8, 4) is 11.4 Å². The lowest BCUT2D eigenvalue weighted by atomic mass is 9.76. The summed E-state index contributed by atoms with van der Waals surface area (Å²) in [4.78, 5) is 16.3. The molecule has 1 aromatic carbocycles. The molecular formula is C21H28FN5O2. The number of carbonyl (C=O) groups is 1. The number of methoxy groups -OCH3 is 1. The molecule has 7 nitrogen and oxygen atoms in total. The summed E-state index contributed by atoms with van der Waals surface area (Å²) in [5, 5.41) is 12.4. The average molecular weight is 401 g/mol. The summed E-state index contributed by atoms with van der Waals surface area (Å²) < 4.78 is 18.8. The molecular weight excluding hydrogens is 373 g/mol. The van der Waals surface area contributed by atoms with Crippen molar-refractivity contribution in [1.82, 2.24) is 25.1 Å². The van der Waals surface area contributed by atoms with Gasteiger partial charge in [-0.3, -0.25) is 4.79 Å². The highest BCUT2D eigenvalue weighted by atomic mass is 19.1. The van der Waals surface area contributed by atoms with Crippen molar-refractivity contribution in [2.45, 2.75) is 57.6 Å². The number of rotatable bonds is 6. The zero-order chi connectivity index (χ0) is 20.3. The summed E-state index contributed by atoms with van der Waals surface area (Å²) in [6.45, 7) is 2.19. The number of likely N-dealkylation sites (tertiary alicyclic amines) is 1. The summed E-state index contributed by atoms with van der Waals surface area (Å²) in [6, 6.07) is 6.00. The smallest absolute Gasteiger partial charge is 0.222 e. The van der Waals surface area contributed by atoms with E-state index < -0.39 is 0 Å². The first-order valence-electron chi connectivity index (χ1n) is 10.4. The molecule has 1 saturated carbocycles. The van der Waals surface area contributed by atoms with Crippen LogP contribution in [0.15, 0.2) is 24.3 Å². The largest absolute Gasteiger partial charge is 0.381 e. The Kier molecular flexibility index (Phi) is 5.89. The summed E-state index contributed by atoms with van der Waals surface area (Å²) in [5.41, 5.74) is 0.872. The molecule has 2 fully saturated rings. The molecule has 1 spiro atoms. The molecule has 8 heteroatoms. The Hall–Kier alpha value is -2.35. The van der Waals surface area contributed by atoms with Gasteiger partial charge in [0.1, 0.15) is 5.82 Å². The van der Waals surface area contributed by atoms with E-state index in [1.807, 2.05) is 4.90 Å². The number of benzene rings is 1. The summed E-state index contributed by atoms with van der Waals surface area (Å²) in [7, 11) is 1.80. The molecule has 156 valence electrons. The van der Waals surface area contributed by atoms with Crippen LogP contribution in [0.4, 0.5) is 4.39 Å². The van der Waals surface area contributed by atoms with Crippen molar-refractivity contribution in [2.75, 3.05) is 20.2 Å². The number of amides is 1. The maximum Gasteiger partial charge on any atom is 0.222 e. The fourth-order valence-electron chi connectivity index (χ4n) is 4.90. The first-order chi connectivity index (χ1) is 14.1. The van der Waals surface area contributed by atoms with Crippen LogP contribution in [0.1, 0.15) is 44.9 Å². The van der Waals surface area contributed by atoms with Crippen LogP contribution in [-0.2, 0) is 16.1 Å². The van der Waals surface area contributed by atoms with E-state index in [2.05, 4.69) is 15.4 Å². The lowest BCUT2D eigenvalue weighted by molar-refractivity contribution is -0.137. The highest BCUT2D eigenvalue weighted by Gasteiger charge is 2.46. The fraction of sp³-hybridized carbons (Fsp3) is 0.619. The predicted octanol–water partition coefficient (Wildman–Crippen LogP) is 3.07. The number of halogens is 1. The minimum absolute atomic E-state index is 0.153. The van der Waals surface area contributed by atoms with Crippen molar-refractivity contribution in [3.63, 3.8) is 0 Å². The normalized spacial score (nSPS) is 24.3. The minimum Gasteiger partial charge on any atom is -0.381 e. The van der Waals surface area contributed by atoms with Crippen molar-refractivity contribution < 1.29 is 13.9 Å². The van der Waals surface area contributed by atoms with Gasteiger partial charge in [-0.1, -0.05) is 6.42 Å². The Balaban J connectivity index is 1.28. The maximum atomic E-state index is 13.0. The first kappa shape index (κ1) is 19.9. The Morgan fingerprint density at radius 1 is 1.28 bits per heavy atom. The second-order valence-electron chi connectivity index (χ2n) is 8.22. The molecule has 1 aliphatic heterocycles. The molecule has 1 aliphatic carbocycles. The average Bonchev–Trinajstić information content (AvgIpc) is 3.35. The van der Waals surface area contributed by atoms with Gasteiger partial charge in [0.05, 0.1) is 12.6 Å². The second kappa shape index (κ2) is 8.57. The minimum atomic E-state index is -0.298. The summed E-state index contributed by atoms with van der Waals surface area (Å²) in [5.74, 6) is 0.361. The zero-order valence-corrected chi connectivity index (χ0v) is 16.9.